The molecule has 4 aromatic heterocycles. The monoisotopic (exact) mass is 352 g/mol. The van der Waals surface area contributed by atoms with Gasteiger partial charge in [-0.2, -0.15) is 4.52 Å². The van der Waals surface area contributed by atoms with Gasteiger partial charge in [0.15, 0.2) is 15.8 Å². The van der Waals surface area contributed by atoms with Gasteiger partial charge in [-0.05, 0) is 19.1 Å². The molecule has 5 aromatic rings. The third-order valence-corrected chi connectivity index (χ3v) is 5.48. The average molecular weight is 352 g/mol. The molecule has 5 rings (SSSR count). The summed E-state index contributed by atoms with van der Waals surface area (Å²) in [5, 5.41) is 8.39. The van der Waals surface area contributed by atoms with E-state index in [0.717, 1.165) is 43.9 Å². The van der Waals surface area contributed by atoms with Gasteiger partial charge in [-0.1, -0.05) is 23.9 Å². The summed E-state index contributed by atoms with van der Waals surface area (Å²) in [4.78, 5) is 15.0. The lowest BCUT2D eigenvalue weighted by Crippen LogP contribution is -1.98. The molecule has 0 aliphatic rings. The van der Waals surface area contributed by atoms with Crippen LogP contribution in [0.15, 0.2) is 47.2 Å². The number of hydrogen-bond donors (Lipinski definition) is 0. The number of aromatic nitrogens is 6. The van der Waals surface area contributed by atoms with Gasteiger partial charge in [0.25, 0.3) is 0 Å². The van der Waals surface area contributed by atoms with E-state index in [0.29, 0.717) is 0 Å². The molecule has 8 heteroatoms. The van der Waals surface area contributed by atoms with Gasteiger partial charge < -0.3 is 0 Å². The first-order valence-corrected chi connectivity index (χ1v) is 9.30. The minimum Gasteiger partial charge on any atom is -0.297 e. The van der Waals surface area contributed by atoms with Gasteiger partial charge in [-0.15, -0.1) is 16.4 Å². The second-order valence-electron chi connectivity index (χ2n) is 5.42. The summed E-state index contributed by atoms with van der Waals surface area (Å²) in [6.07, 6.45) is 4.08. The topological polar surface area (TPSA) is 60.4 Å². The van der Waals surface area contributed by atoms with Crippen molar-refractivity contribution in [1.82, 2.24) is 29.0 Å². The summed E-state index contributed by atoms with van der Waals surface area (Å²) in [6, 6.07) is 8.03. The SMILES string of the molecule is Cc1nc2c3ccccc3nc(SCc3cn4ccsc4n3)n2n1. The molecule has 24 heavy (non-hydrogen) atoms. The van der Waals surface area contributed by atoms with Crippen molar-refractivity contribution in [3.63, 3.8) is 0 Å². The molecular formula is C16H12N6S2. The fraction of sp³-hybridized carbons (Fsp3) is 0.125. The van der Waals surface area contributed by atoms with Crippen LogP contribution in [0, 0.1) is 6.92 Å². The number of rotatable bonds is 3. The Balaban J connectivity index is 1.58. The zero-order valence-electron chi connectivity index (χ0n) is 12.7. The van der Waals surface area contributed by atoms with Crippen LogP contribution in [0.4, 0.5) is 0 Å². The number of imidazole rings is 1. The Morgan fingerprint density at radius 1 is 1.17 bits per heavy atom. The van der Waals surface area contributed by atoms with Crippen molar-refractivity contribution < 1.29 is 0 Å². The first kappa shape index (κ1) is 13.9. The van der Waals surface area contributed by atoms with E-state index in [1.54, 1.807) is 23.1 Å². The number of aryl methyl sites for hydroxylation is 1. The second-order valence-corrected chi connectivity index (χ2v) is 7.24. The molecule has 6 nitrogen and oxygen atoms in total. The van der Waals surface area contributed by atoms with E-state index >= 15 is 0 Å². The first-order chi connectivity index (χ1) is 11.8. The van der Waals surface area contributed by atoms with Gasteiger partial charge in [0.05, 0.1) is 11.2 Å². The third kappa shape index (κ3) is 2.18. The predicted octanol–water partition coefficient (Wildman–Crippen LogP) is 3.59. The summed E-state index contributed by atoms with van der Waals surface area (Å²) in [5.74, 6) is 1.49. The van der Waals surface area contributed by atoms with Crippen molar-refractivity contribution in [3.8, 4) is 0 Å². The van der Waals surface area contributed by atoms with Gasteiger partial charge in [0.2, 0.25) is 0 Å². The summed E-state index contributed by atoms with van der Waals surface area (Å²) >= 11 is 3.26. The Hall–Kier alpha value is -2.45. The van der Waals surface area contributed by atoms with Crippen LogP contribution >= 0.6 is 23.1 Å². The van der Waals surface area contributed by atoms with Crippen molar-refractivity contribution in [2.24, 2.45) is 0 Å². The second kappa shape index (κ2) is 5.29. The Morgan fingerprint density at radius 3 is 3.00 bits per heavy atom. The van der Waals surface area contributed by atoms with Crippen molar-refractivity contribution >= 4 is 44.6 Å². The highest BCUT2D eigenvalue weighted by atomic mass is 32.2. The van der Waals surface area contributed by atoms with Gasteiger partial charge in [-0.3, -0.25) is 4.40 Å². The number of thiazole rings is 1. The minimum absolute atomic E-state index is 0.744. The lowest BCUT2D eigenvalue weighted by atomic mass is 10.2. The largest absolute Gasteiger partial charge is 0.297 e. The van der Waals surface area contributed by atoms with E-state index < -0.39 is 0 Å². The molecule has 0 bridgehead atoms. The first-order valence-electron chi connectivity index (χ1n) is 7.44. The molecule has 118 valence electrons. The normalized spacial score (nSPS) is 11.9. The molecular weight excluding hydrogens is 340 g/mol. The number of thioether (sulfide) groups is 1. The fourth-order valence-electron chi connectivity index (χ4n) is 2.71. The lowest BCUT2D eigenvalue weighted by Gasteiger charge is -2.05. The summed E-state index contributed by atoms with van der Waals surface area (Å²) in [5.41, 5.74) is 2.82. The maximum Gasteiger partial charge on any atom is 0.193 e. The number of fused-ring (bicyclic) bond motifs is 4. The summed E-state index contributed by atoms with van der Waals surface area (Å²) in [7, 11) is 0. The van der Waals surface area contributed by atoms with E-state index in [2.05, 4.69) is 21.3 Å². The van der Waals surface area contributed by atoms with Crippen molar-refractivity contribution in [1.29, 1.82) is 0 Å². The predicted molar refractivity (Wildman–Crippen MR) is 95.7 cm³/mol. The van der Waals surface area contributed by atoms with E-state index in [1.165, 1.54) is 0 Å². The number of hydrogen-bond acceptors (Lipinski definition) is 6. The smallest absolute Gasteiger partial charge is 0.193 e. The molecule has 0 aliphatic heterocycles. The summed E-state index contributed by atoms with van der Waals surface area (Å²) in [6.45, 7) is 1.90. The van der Waals surface area contributed by atoms with Gasteiger partial charge >= 0.3 is 0 Å². The van der Waals surface area contributed by atoms with Crippen LogP contribution in [0.2, 0.25) is 0 Å². The molecule has 0 spiro atoms. The Labute approximate surface area is 145 Å². The van der Waals surface area contributed by atoms with Crippen LogP contribution in [-0.4, -0.2) is 29.0 Å². The van der Waals surface area contributed by atoms with Crippen LogP contribution in [0.3, 0.4) is 0 Å². The van der Waals surface area contributed by atoms with E-state index in [1.807, 2.05) is 51.7 Å². The Kier molecular flexibility index (Phi) is 3.07. The van der Waals surface area contributed by atoms with Crippen molar-refractivity contribution in [2.45, 2.75) is 17.8 Å². The van der Waals surface area contributed by atoms with Crippen LogP contribution in [0.1, 0.15) is 11.5 Å². The van der Waals surface area contributed by atoms with Crippen molar-refractivity contribution in [3.05, 3.63) is 53.6 Å². The zero-order valence-corrected chi connectivity index (χ0v) is 14.4. The maximum atomic E-state index is 4.76. The number of nitrogens with zero attached hydrogens (tertiary/aromatic N) is 6. The van der Waals surface area contributed by atoms with Crippen LogP contribution in [0.5, 0.6) is 0 Å². The molecule has 0 saturated carbocycles. The standard InChI is InChI=1S/C16H12N6S2/c1-10-17-14-12-4-2-3-5-13(12)19-16(22(14)20-10)24-9-11-8-21-6-7-23-15(21)18-11/h2-8H,9H2,1H3. The highest BCUT2D eigenvalue weighted by molar-refractivity contribution is 7.98. The Bertz CT molecular complexity index is 1160. The molecule has 0 unspecified atom stereocenters. The average Bonchev–Trinajstić information content (AvgIpc) is 3.26. The summed E-state index contributed by atoms with van der Waals surface area (Å²) < 4.78 is 3.88. The maximum absolute atomic E-state index is 4.76. The quantitative estimate of drug-likeness (QED) is 0.367. The fourth-order valence-corrected chi connectivity index (χ4v) is 4.26. The van der Waals surface area contributed by atoms with E-state index in [-0.39, 0.29) is 0 Å². The van der Waals surface area contributed by atoms with Crippen LogP contribution in [0.25, 0.3) is 21.5 Å². The van der Waals surface area contributed by atoms with Gasteiger partial charge in [-0.25, -0.2) is 15.0 Å². The minimum atomic E-state index is 0.744. The van der Waals surface area contributed by atoms with Gasteiger partial charge in [0, 0.05) is 28.9 Å². The Morgan fingerprint density at radius 2 is 2.08 bits per heavy atom. The van der Waals surface area contributed by atoms with E-state index in [9.17, 15) is 0 Å². The van der Waals surface area contributed by atoms with E-state index in [4.69, 9.17) is 4.98 Å². The molecule has 0 saturated heterocycles. The van der Waals surface area contributed by atoms with Crippen LogP contribution in [-0.2, 0) is 5.75 Å². The number of benzene rings is 1. The molecule has 0 N–H and O–H groups in total. The molecule has 0 radical (unpaired) electrons. The van der Waals surface area contributed by atoms with Crippen molar-refractivity contribution in [2.75, 3.05) is 0 Å². The molecule has 0 atom stereocenters. The molecule has 1 aromatic carbocycles. The van der Waals surface area contributed by atoms with Gasteiger partial charge in [0.1, 0.15) is 5.82 Å². The molecule has 4 heterocycles. The lowest BCUT2D eigenvalue weighted by molar-refractivity contribution is 0.796. The zero-order chi connectivity index (χ0) is 16.1. The molecule has 0 aliphatic carbocycles. The third-order valence-electron chi connectivity index (χ3n) is 3.75. The number of para-hydroxylation sites is 1. The molecule has 0 amide bonds. The highest BCUT2D eigenvalue weighted by Crippen LogP contribution is 2.26. The molecule has 0 fully saturated rings. The van der Waals surface area contributed by atoms with Crippen LogP contribution < -0.4 is 0 Å². The highest BCUT2D eigenvalue weighted by Gasteiger charge is 2.13.